The van der Waals surface area contributed by atoms with Crippen molar-refractivity contribution in [1.29, 1.82) is 0 Å². The molecule has 0 aliphatic rings. The second kappa shape index (κ2) is 26.8. The van der Waals surface area contributed by atoms with E-state index < -0.39 is 0 Å². The van der Waals surface area contributed by atoms with Crippen molar-refractivity contribution in [2.45, 2.75) is 103 Å². The van der Waals surface area contributed by atoms with Gasteiger partial charge in [0.2, 0.25) is 0 Å². The van der Waals surface area contributed by atoms with Crippen LogP contribution in [-0.4, -0.2) is 84.2 Å². The van der Waals surface area contributed by atoms with Crippen LogP contribution in [-0.2, 0) is 0 Å². The Bertz CT molecular complexity index is 374. The smallest absolute Gasteiger partial charge is 0.0558 e. The van der Waals surface area contributed by atoms with Gasteiger partial charge in [0.15, 0.2) is 0 Å². The third-order valence-corrected chi connectivity index (χ3v) is 6.18. The number of hydrogen-bond donors (Lipinski definition) is 3. The molecular weight excluding hydrogens is 400 g/mol. The second-order valence-electron chi connectivity index (χ2n) is 9.15. The lowest BCUT2D eigenvalue weighted by Gasteiger charge is -2.24. The van der Waals surface area contributed by atoms with Crippen molar-refractivity contribution in [2.24, 2.45) is 0 Å². The first-order valence-electron chi connectivity index (χ1n) is 13.7. The number of unbranched alkanes of at least 4 members (excludes halogenated alkanes) is 12. The van der Waals surface area contributed by atoms with Crippen molar-refractivity contribution in [2.75, 3.05) is 59.1 Å². The van der Waals surface area contributed by atoms with E-state index in [1.807, 2.05) is 0 Å². The lowest BCUT2D eigenvalue weighted by molar-refractivity contribution is 0.147. The molecule has 0 spiro atoms. The molecule has 0 saturated heterocycles. The molecule has 0 fully saturated rings. The molecule has 0 aliphatic carbocycles. The lowest BCUT2D eigenvalue weighted by atomic mass is 10.1. The average molecular weight is 457 g/mol. The number of nitrogens with zero attached hydrogens (tertiary/aromatic N) is 2. The predicted octanol–water partition coefficient (Wildman–Crippen LogP) is 4.99. The highest BCUT2D eigenvalue weighted by atomic mass is 16.3. The zero-order valence-corrected chi connectivity index (χ0v) is 21.4. The minimum Gasteiger partial charge on any atom is -0.395 e. The molecule has 3 N–H and O–H groups in total. The summed E-state index contributed by atoms with van der Waals surface area (Å²) in [6, 6.07) is 0. The fraction of sp³-hybridized carbons (Fsp3) is 0.926. The van der Waals surface area contributed by atoms with Crippen LogP contribution in [0, 0.1) is 0 Å². The van der Waals surface area contributed by atoms with Gasteiger partial charge in [-0.05, 0) is 58.2 Å². The third kappa shape index (κ3) is 22.7. The van der Waals surface area contributed by atoms with Gasteiger partial charge in [-0.15, -0.1) is 0 Å². The van der Waals surface area contributed by atoms with E-state index in [2.05, 4.69) is 28.9 Å². The van der Waals surface area contributed by atoms with Crippen LogP contribution >= 0.6 is 0 Å². The SMILES string of the molecule is CCCCCCCC/C=C\CCCCCCCCN(CCO)CCCN(CCO)CCO. The summed E-state index contributed by atoms with van der Waals surface area (Å²) >= 11 is 0. The Labute approximate surface area is 199 Å². The fourth-order valence-corrected chi connectivity index (χ4v) is 4.20. The molecule has 0 aromatic carbocycles. The highest BCUT2D eigenvalue weighted by Gasteiger charge is 2.07. The first-order chi connectivity index (χ1) is 15.8. The summed E-state index contributed by atoms with van der Waals surface area (Å²) in [4.78, 5) is 4.45. The molecule has 0 saturated carbocycles. The summed E-state index contributed by atoms with van der Waals surface area (Å²) in [5, 5.41) is 27.5. The Balaban J connectivity index is 3.57. The van der Waals surface area contributed by atoms with Gasteiger partial charge < -0.3 is 20.2 Å². The van der Waals surface area contributed by atoms with Crippen molar-refractivity contribution in [3.05, 3.63) is 12.2 Å². The number of aliphatic hydroxyl groups is 3. The Morgan fingerprint density at radius 1 is 0.438 bits per heavy atom. The van der Waals surface area contributed by atoms with Crippen LogP contribution in [0.25, 0.3) is 0 Å². The number of allylic oxidation sites excluding steroid dienone is 2. The quantitative estimate of drug-likeness (QED) is 0.126. The van der Waals surface area contributed by atoms with Gasteiger partial charge in [-0.1, -0.05) is 76.9 Å². The molecule has 0 unspecified atom stereocenters. The first kappa shape index (κ1) is 31.5. The van der Waals surface area contributed by atoms with Crippen LogP contribution in [0.2, 0.25) is 0 Å². The lowest BCUT2D eigenvalue weighted by Crippen LogP contribution is -2.35. The molecule has 0 heterocycles. The van der Waals surface area contributed by atoms with E-state index in [1.54, 1.807) is 0 Å². The Hall–Kier alpha value is -0.460. The molecule has 192 valence electrons. The van der Waals surface area contributed by atoms with Crippen molar-refractivity contribution in [1.82, 2.24) is 9.80 Å². The van der Waals surface area contributed by atoms with Gasteiger partial charge in [0, 0.05) is 19.6 Å². The number of aliphatic hydroxyl groups excluding tert-OH is 3. The van der Waals surface area contributed by atoms with E-state index in [9.17, 15) is 5.11 Å². The largest absolute Gasteiger partial charge is 0.395 e. The van der Waals surface area contributed by atoms with Crippen molar-refractivity contribution >= 4 is 0 Å². The van der Waals surface area contributed by atoms with Gasteiger partial charge in [-0.25, -0.2) is 0 Å². The van der Waals surface area contributed by atoms with Crippen LogP contribution in [0.15, 0.2) is 12.2 Å². The summed E-state index contributed by atoms with van der Waals surface area (Å²) in [5.41, 5.74) is 0. The Morgan fingerprint density at radius 3 is 1.28 bits per heavy atom. The maximum Gasteiger partial charge on any atom is 0.0558 e. The van der Waals surface area contributed by atoms with Crippen LogP contribution < -0.4 is 0 Å². The van der Waals surface area contributed by atoms with E-state index in [0.717, 1.165) is 32.6 Å². The number of rotatable bonds is 26. The fourth-order valence-electron chi connectivity index (χ4n) is 4.20. The van der Waals surface area contributed by atoms with Crippen LogP contribution in [0.3, 0.4) is 0 Å². The number of hydrogen-bond acceptors (Lipinski definition) is 5. The van der Waals surface area contributed by atoms with Gasteiger partial charge in [-0.2, -0.15) is 0 Å². The van der Waals surface area contributed by atoms with Crippen LogP contribution in [0.1, 0.15) is 103 Å². The minimum atomic E-state index is 0.135. The summed E-state index contributed by atoms with van der Waals surface area (Å²) < 4.78 is 0. The van der Waals surface area contributed by atoms with Crippen LogP contribution in [0.4, 0.5) is 0 Å². The molecule has 0 amide bonds. The van der Waals surface area contributed by atoms with Gasteiger partial charge >= 0.3 is 0 Å². The Kier molecular flexibility index (Phi) is 26.4. The predicted molar refractivity (Wildman–Crippen MR) is 138 cm³/mol. The molecular formula is C27H56N2O3. The summed E-state index contributed by atoms with van der Waals surface area (Å²) in [5.74, 6) is 0. The first-order valence-corrected chi connectivity index (χ1v) is 13.7. The summed E-state index contributed by atoms with van der Waals surface area (Å²) in [6.07, 6.45) is 24.4. The molecule has 0 aromatic rings. The molecule has 0 aliphatic heterocycles. The zero-order valence-electron chi connectivity index (χ0n) is 21.4. The van der Waals surface area contributed by atoms with E-state index in [4.69, 9.17) is 10.2 Å². The normalized spacial score (nSPS) is 12.1. The monoisotopic (exact) mass is 456 g/mol. The second-order valence-corrected chi connectivity index (χ2v) is 9.15. The summed E-state index contributed by atoms with van der Waals surface area (Å²) in [7, 11) is 0. The van der Waals surface area contributed by atoms with Gasteiger partial charge in [0.05, 0.1) is 19.8 Å². The van der Waals surface area contributed by atoms with Gasteiger partial charge in [-0.3, -0.25) is 4.90 Å². The maximum absolute atomic E-state index is 9.32. The molecule has 32 heavy (non-hydrogen) atoms. The van der Waals surface area contributed by atoms with Gasteiger partial charge in [0.25, 0.3) is 0 Å². The zero-order chi connectivity index (χ0) is 23.5. The maximum atomic E-state index is 9.32. The molecule has 0 bridgehead atoms. The highest BCUT2D eigenvalue weighted by Crippen LogP contribution is 2.10. The molecule has 0 radical (unpaired) electrons. The third-order valence-electron chi connectivity index (χ3n) is 6.18. The molecule has 5 heteroatoms. The van der Waals surface area contributed by atoms with E-state index in [-0.39, 0.29) is 19.8 Å². The average Bonchev–Trinajstić information content (AvgIpc) is 2.79. The molecule has 0 aromatic heterocycles. The standard InChI is InChI=1S/C27H56N2O3/c1-2-3-4-5-6-7-8-9-10-11-12-13-14-15-16-17-19-28(22-25-30)20-18-21-29(23-26-31)24-27-32/h9-10,30-32H,2-8,11-27H2,1H3/b10-9-. The highest BCUT2D eigenvalue weighted by molar-refractivity contribution is 4.81. The minimum absolute atomic E-state index is 0.135. The van der Waals surface area contributed by atoms with E-state index >= 15 is 0 Å². The Morgan fingerprint density at radius 2 is 0.812 bits per heavy atom. The van der Waals surface area contributed by atoms with Crippen molar-refractivity contribution < 1.29 is 15.3 Å². The molecule has 5 nitrogen and oxygen atoms in total. The van der Waals surface area contributed by atoms with Crippen molar-refractivity contribution in [3.63, 3.8) is 0 Å². The van der Waals surface area contributed by atoms with Crippen molar-refractivity contribution in [3.8, 4) is 0 Å². The van der Waals surface area contributed by atoms with Crippen LogP contribution in [0.5, 0.6) is 0 Å². The molecule has 0 atom stereocenters. The van der Waals surface area contributed by atoms with E-state index in [0.29, 0.717) is 13.1 Å². The van der Waals surface area contributed by atoms with Gasteiger partial charge in [0.1, 0.15) is 0 Å². The molecule has 0 rings (SSSR count). The summed E-state index contributed by atoms with van der Waals surface area (Å²) in [6.45, 7) is 7.65. The topological polar surface area (TPSA) is 67.2 Å². The van der Waals surface area contributed by atoms with E-state index in [1.165, 1.54) is 89.9 Å².